The molecular formula is C46H30Cl4F4N3NaO7S2. The molecule has 1 aliphatic carbocycles. The number of esters is 1. The van der Waals surface area contributed by atoms with Gasteiger partial charge in [-0.15, -0.1) is 0 Å². The molecule has 2 aromatic heterocycles. The number of carboxylic acid groups (broad SMARTS) is 2. The first-order valence-electron chi connectivity index (χ1n) is 19.7. The van der Waals surface area contributed by atoms with E-state index in [1.165, 1.54) is 53.1 Å². The van der Waals surface area contributed by atoms with Crippen LogP contribution in [0, 0.1) is 23.3 Å². The van der Waals surface area contributed by atoms with Crippen molar-refractivity contribution in [2.24, 2.45) is 0 Å². The summed E-state index contributed by atoms with van der Waals surface area (Å²) in [7, 11) is 0. The average Bonchev–Trinajstić information content (AvgIpc) is 3.85. The molecule has 1 aliphatic heterocycles. The summed E-state index contributed by atoms with van der Waals surface area (Å²) < 4.78 is 66.9. The maximum absolute atomic E-state index is 15.3. The van der Waals surface area contributed by atoms with Gasteiger partial charge in [0, 0.05) is 43.8 Å². The second kappa shape index (κ2) is 20.3. The van der Waals surface area contributed by atoms with Gasteiger partial charge >= 0.3 is 41.5 Å². The quantitative estimate of drug-likeness (QED) is 0.0770. The Bertz CT molecular complexity index is 3190. The Morgan fingerprint density at radius 3 is 1.72 bits per heavy atom. The number of carboxylic acids is 2. The number of ether oxygens (including phenoxy) is 1. The van der Waals surface area contributed by atoms with Crippen LogP contribution in [0.25, 0.3) is 21.8 Å². The van der Waals surface area contributed by atoms with Crippen LogP contribution in [0.1, 0.15) is 46.0 Å². The van der Waals surface area contributed by atoms with E-state index in [2.05, 4.69) is 0 Å². The van der Waals surface area contributed by atoms with Crippen LogP contribution in [0.4, 0.5) is 23.2 Å². The molecule has 9 rings (SSSR count). The number of nitrogens with zero attached hydrogens (tertiary/aromatic N) is 3. The maximum Gasteiger partial charge on any atom is 1.00 e. The minimum absolute atomic E-state index is 0. The molecule has 1 fully saturated rings. The molecule has 0 unspecified atom stereocenters. The van der Waals surface area contributed by atoms with Crippen molar-refractivity contribution in [2.75, 3.05) is 18.1 Å². The molecule has 5 aromatic carbocycles. The molecular weight excluding hydrogens is 1010 g/mol. The minimum Gasteiger partial charge on any atom is -0.545 e. The summed E-state index contributed by atoms with van der Waals surface area (Å²) in [5.41, 5.74) is 1.01. The summed E-state index contributed by atoms with van der Waals surface area (Å²) in [6.07, 6.45) is 2.00. The predicted molar refractivity (Wildman–Crippen MR) is 243 cm³/mol. The number of fused-ring (bicyclic) bond motifs is 4. The van der Waals surface area contributed by atoms with Crippen LogP contribution in [0.3, 0.4) is 0 Å². The standard InChI is InChI=1S/C27H18Cl2F2N2O3S.C19H13Cl2F2NO4S.Na/c28-17-9-8-15-23(22(17)31)32(25(29)24(15)37-19-7-3-4-14(21(19)30)26(35)36)12-20(34)33-13-27(10-11-27)16-5-1-2-6-18(16)33;1-2-28-19(27)9-4-3-5-12(14(9)22)29-17-10-6-7-11(20)15(23)16(10)24(18(17)21)8-13(25)26;/h1-9H,10-13H2,(H,35,36);3-7H,2,8H2,1H3,(H,25,26);/q;;+1/p-1. The topological polar surface area (TPSA) is 134 Å². The number of benzene rings is 5. The molecule has 10 nitrogen and oxygen atoms in total. The fraction of sp³-hybridized carbons (Fsp3) is 0.174. The van der Waals surface area contributed by atoms with Gasteiger partial charge in [0.2, 0.25) is 5.91 Å². The maximum atomic E-state index is 15.3. The number of anilines is 1. The zero-order valence-corrected chi connectivity index (χ0v) is 41.6. The third kappa shape index (κ3) is 9.53. The first kappa shape index (κ1) is 50.5. The van der Waals surface area contributed by atoms with E-state index >= 15 is 4.39 Å². The average molecular weight is 1040 g/mol. The summed E-state index contributed by atoms with van der Waals surface area (Å²) in [5.74, 6) is -7.38. The summed E-state index contributed by atoms with van der Waals surface area (Å²) >= 11 is 26.6. The monoisotopic (exact) mass is 1040 g/mol. The van der Waals surface area contributed by atoms with Crippen molar-refractivity contribution in [3.63, 3.8) is 0 Å². The van der Waals surface area contributed by atoms with E-state index in [4.69, 9.17) is 56.2 Å². The van der Waals surface area contributed by atoms with Crippen LogP contribution in [-0.2, 0) is 32.8 Å². The fourth-order valence-corrected chi connectivity index (χ4v) is 10.9. The van der Waals surface area contributed by atoms with E-state index in [0.717, 1.165) is 58.2 Å². The van der Waals surface area contributed by atoms with Gasteiger partial charge in [0.05, 0.1) is 49.0 Å². The Hall–Kier alpha value is -4.36. The van der Waals surface area contributed by atoms with Crippen molar-refractivity contribution >= 4 is 121 Å². The van der Waals surface area contributed by atoms with Crippen molar-refractivity contribution in [1.29, 1.82) is 0 Å². The Morgan fingerprint density at radius 2 is 1.21 bits per heavy atom. The van der Waals surface area contributed by atoms with Crippen molar-refractivity contribution in [2.45, 2.75) is 57.9 Å². The number of hydrogen-bond donors (Lipinski definition) is 1. The van der Waals surface area contributed by atoms with E-state index in [1.54, 1.807) is 17.9 Å². The van der Waals surface area contributed by atoms with Crippen LogP contribution in [-0.4, -0.2) is 51.2 Å². The van der Waals surface area contributed by atoms with Gasteiger partial charge in [0.1, 0.15) is 29.2 Å². The summed E-state index contributed by atoms with van der Waals surface area (Å²) in [6.45, 7) is 1.36. The zero-order chi connectivity index (χ0) is 47.4. The molecule has 1 spiro atoms. The van der Waals surface area contributed by atoms with Gasteiger partial charge in [-0.05, 0) is 73.9 Å². The number of amides is 1. The molecule has 0 radical (unpaired) electrons. The number of rotatable bonds is 11. The van der Waals surface area contributed by atoms with Crippen molar-refractivity contribution in [3.8, 4) is 0 Å². The molecule has 21 heteroatoms. The van der Waals surface area contributed by atoms with Gasteiger partial charge in [-0.3, -0.25) is 9.59 Å². The first-order chi connectivity index (χ1) is 31.5. The Morgan fingerprint density at radius 1 is 0.701 bits per heavy atom. The zero-order valence-electron chi connectivity index (χ0n) is 34.9. The molecule has 1 amide bonds. The molecule has 0 atom stereocenters. The second-order valence-electron chi connectivity index (χ2n) is 15.0. The van der Waals surface area contributed by atoms with Gasteiger partial charge in [0.15, 0.2) is 17.5 Å². The Kier molecular flexibility index (Phi) is 15.3. The number of aliphatic carboxylic acids is 1. The molecule has 7 aromatic rings. The van der Waals surface area contributed by atoms with Crippen LogP contribution in [0.2, 0.25) is 20.4 Å². The third-order valence-corrected chi connectivity index (χ3v) is 14.9. The van der Waals surface area contributed by atoms with Gasteiger partial charge < -0.3 is 33.8 Å². The molecule has 0 saturated heterocycles. The summed E-state index contributed by atoms with van der Waals surface area (Å²) in [6, 6.07) is 21.5. The summed E-state index contributed by atoms with van der Waals surface area (Å²) in [4.78, 5) is 50.2. The van der Waals surface area contributed by atoms with E-state index < -0.39 is 53.3 Å². The molecule has 67 heavy (non-hydrogen) atoms. The van der Waals surface area contributed by atoms with E-state index in [-0.39, 0.29) is 116 Å². The van der Waals surface area contributed by atoms with Crippen molar-refractivity contribution < 1.29 is 81.2 Å². The molecule has 340 valence electrons. The van der Waals surface area contributed by atoms with Crippen LogP contribution in [0.15, 0.2) is 105 Å². The largest absolute Gasteiger partial charge is 1.00 e. The van der Waals surface area contributed by atoms with Crippen LogP contribution in [0.5, 0.6) is 0 Å². The van der Waals surface area contributed by atoms with Gasteiger partial charge in [0.25, 0.3) is 0 Å². The van der Waals surface area contributed by atoms with E-state index in [9.17, 15) is 37.5 Å². The number of carbonyl (C=O) groups is 4. The molecule has 0 bridgehead atoms. The number of para-hydroxylation sites is 1. The SMILES string of the molecule is CCOC(=O)c1cccc(Sc2c(Cl)n(CC(=O)O)c3c(F)c(Cl)ccc23)c1F.O=C([O-])c1cccc(Sc2c(Cl)n(CC(=O)N3CC4(CC4)c4ccccc43)c3c(F)c(Cl)ccc23)c1F.[Na+]. The van der Waals surface area contributed by atoms with Gasteiger partial charge in [-0.2, -0.15) is 0 Å². The van der Waals surface area contributed by atoms with Crippen molar-refractivity contribution in [1.82, 2.24) is 9.13 Å². The summed E-state index contributed by atoms with van der Waals surface area (Å²) in [5, 5.41) is 20.6. The first-order valence-corrected chi connectivity index (χ1v) is 22.9. The Labute approximate surface area is 429 Å². The van der Waals surface area contributed by atoms with Gasteiger partial charge in [-0.25, -0.2) is 22.4 Å². The van der Waals surface area contributed by atoms with Gasteiger partial charge in [-0.1, -0.05) is 106 Å². The molecule has 1 N–H and O–H groups in total. The number of carbonyl (C=O) groups excluding carboxylic acids is 3. The molecule has 2 aliphatic rings. The number of halogens is 8. The second-order valence-corrected chi connectivity index (χ2v) is 18.7. The normalized spacial score (nSPS) is 13.3. The van der Waals surface area contributed by atoms with E-state index in [0.29, 0.717) is 11.9 Å². The minimum atomic E-state index is -1.66. The predicted octanol–water partition coefficient (Wildman–Crippen LogP) is 8.46. The molecule has 3 heterocycles. The smallest absolute Gasteiger partial charge is 0.545 e. The number of aromatic carboxylic acids is 1. The van der Waals surface area contributed by atoms with E-state index in [1.807, 2.05) is 24.3 Å². The number of hydrogen-bond acceptors (Lipinski definition) is 8. The number of aromatic nitrogens is 2. The van der Waals surface area contributed by atoms with Crippen LogP contribution >= 0.6 is 69.9 Å². The Balaban J connectivity index is 0.000000202. The van der Waals surface area contributed by atoms with Crippen LogP contribution < -0.4 is 39.6 Å². The fourth-order valence-electron chi connectivity index (χ4n) is 7.84. The van der Waals surface area contributed by atoms with Crippen molar-refractivity contribution in [3.05, 3.63) is 145 Å². The molecule has 1 saturated carbocycles. The third-order valence-electron chi connectivity index (χ3n) is 11.1.